The van der Waals surface area contributed by atoms with Crippen LogP contribution >= 0.6 is 27.5 Å². The normalized spacial score (nSPS) is 13.9. The smallest absolute Gasteiger partial charge is 0.265 e. The SMILES string of the molecule is COc1ccc(S(=O)(=O)N(CC(=O)N(Cc2ccc(Br)cc2)[C@H](Cc2ccccc2)C(=O)NC2CCCCC2)c2cc(Cl)ccc2OC)cc1OC. The molecular weight excluding hydrogens is 770 g/mol. The van der Waals surface area contributed by atoms with Gasteiger partial charge in [-0.3, -0.25) is 13.9 Å². The van der Waals surface area contributed by atoms with Gasteiger partial charge in [-0.1, -0.05) is 89.3 Å². The lowest BCUT2D eigenvalue weighted by Crippen LogP contribution is -2.55. The number of anilines is 1. The zero-order valence-corrected chi connectivity index (χ0v) is 32.5. The molecule has 1 saturated carbocycles. The lowest BCUT2D eigenvalue weighted by Gasteiger charge is -2.35. The first-order valence-corrected chi connectivity index (χ1v) is 19.6. The molecule has 5 rings (SSSR count). The zero-order valence-electron chi connectivity index (χ0n) is 29.4. The molecule has 2 amide bonds. The summed E-state index contributed by atoms with van der Waals surface area (Å²) in [6, 6.07) is 24.7. The lowest BCUT2D eigenvalue weighted by molar-refractivity contribution is -0.140. The highest BCUT2D eigenvalue weighted by molar-refractivity contribution is 9.10. The molecule has 1 aliphatic carbocycles. The van der Waals surface area contributed by atoms with Crippen molar-refractivity contribution in [1.29, 1.82) is 0 Å². The number of ether oxygens (including phenoxy) is 3. The molecule has 0 radical (unpaired) electrons. The summed E-state index contributed by atoms with van der Waals surface area (Å²) in [4.78, 5) is 30.6. The molecule has 1 aliphatic rings. The number of sulfonamides is 1. The Hall–Kier alpha value is -4.26. The fraction of sp³-hybridized carbons (Fsp3) is 0.333. The molecule has 10 nitrogen and oxygen atoms in total. The summed E-state index contributed by atoms with van der Waals surface area (Å²) in [5, 5.41) is 3.46. The molecule has 0 aromatic heterocycles. The van der Waals surface area contributed by atoms with E-state index in [-0.39, 0.29) is 52.0 Å². The van der Waals surface area contributed by atoms with Crippen LogP contribution in [0.15, 0.2) is 100 Å². The summed E-state index contributed by atoms with van der Waals surface area (Å²) < 4.78 is 47.5. The molecule has 13 heteroatoms. The van der Waals surface area contributed by atoms with Crippen molar-refractivity contribution in [3.05, 3.63) is 112 Å². The van der Waals surface area contributed by atoms with Crippen LogP contribution in [0.1, 0.15) is 43.2 Å². The summed E-state index contributed by atoms with van der Waals surface area (Å²) in [7, 11) is -0.235. The lowest BCUT2D eigenvalue weighted by atomic mass is 9.94. The van der Waals surface area contributed by atoms with Gasteiger partial charge in [0.25, 0.3) is 10.0 Å². The Morgan fingerprint density at radius 3 is 2.13 bits per heavy atom. The standard InChI is InChI=1S/C39H43BrClN3O7S/c1-49-35-20-18-30(41)23-33(35)44(52(47,48)32-19-21-36(50-2)37(24-32)51-3)26-38(45)43(25-28-14-16-29(40)17-15-28)34(22-27-10-6-4-7-11-27)39(46)42-31-12-8-5-9-13-31/h4,6-7,10-11,14-21,23-24,31,34H,5,8-9,12-13,22,25-26H2,1-3H3,(H,42,46)/t34-/m1/s1. The number of carbonyl (C=O) groups excluding carboxylic acids is 2. The Kier molecular flexibility index (Phi) is 13.5. The molecule has 52 heavy (non-hydrogen) atoms. The summed E-state index contributed by atoms with van der Waals surface area (Å²) in [6.07, 6.45) is 5.07. The third-order valence-corrected chi connectivity index (χ3v) is 11.6. The number of hydrogen-bond donors (Lipinski definition) is 1. The Labute approximate surface area is 319 Å². The maximum Gasteiger partial charge on any atom is 0.265 e. The Balaban J connectivity index is 1.62. The number of rotatable bonds is 15. The van der Waals surface area contributed by atoms with Crippen molar-refractivity contribution in [2.75, 3.05) is 32.2 Å². The second-order valence-electron chi connectivity index (χ2n) is 12.5. The van der Waals surface area contributed by atoms with Gasteiger partial charge in [0.2, 0.25) is 11.8 Å². The number of benzene rings is 4. The van der Waals surface area contributed by atoms with E-state index in [1.165, 1.54) is 56.6 Å². The van der Waals surface area contributed by atoms with Gasteiger partial charge in [-0.25, -0.2) is 8.42 Å². The van der Waals surface area contributed by atoms with Crippen molar-refractivity contribution < 1.29 is 32.2 Å². The summed E-state index contributed by atoms with van der Waals surface area (Å²) in [5.41, 5.74) is 1.66. The molecule has 0 heterocycles. The highest BCUT2D eigenvalue weighted by atomic mass is 79.9. The molecule has 0 saturated heterocycles. The van der Waals surface area contributed by atoms with Gasteiger partial charge in [0.05, 0.1) is 31.9 Å². The topological polar surface area (TPSA) is 114 Å². The molecule has 0 bridgehead atoms. The van der Waals surface area contributed by atoms with Gasteiger partial charge >= 0.3 is 0 Å². The van der Waals surface area contributed by atoms with Gasteiger partial charge in [-0.15, -0.1) is 0 Å². The van der Waals surface area contributed by atoms with E-state index >= 15 is 0 Å². The number of halogens is 2. The quantitative estimate of drug-likeness (QED) is 0.133. The van der Waals surface area contributed by atoms with E-state index in [9.17, 15) is 18.0 Å². The minimum Gasteiger partial charge on any atom is -0.495 e. The number of amides is 2. The fourth-order valence-corrected chi connectivity index (χ4v) is 8.22. The second kappa shape index (κ2) is 18.0. The summed E-state index contributed by atoms with van der Waals surface area (Å²) in [5.74, 6) is -0.203. The van der Waals surface area contributed by atoms with E-state index < -0.39 is 28.5 Å². The van der Waals surface area contributed by atoms with Crippen LogP contribution in [0, 0.1) is 0 Å². The molecule has 276 valence electrons. The molecule has 1 fully saturated rings. The van der Waals surface area contributed by atoms with Crippen LogP contribution in [0.5, 0.6) is 17.2 Å². The van der Waals surface area contributed by atoms with Crippen LogP contribution < -0.4 is 23.8 Å². The van der Waals surface area contributed by atoms with Crippen LogP contribution in [-0.2, 0) is 32.6 Å². The number of hydrogen-bond acceptors (Lipinski definition) is 7. The van der Waals surface area contributed by atoms with E-state index in [1.54, 1.807) is 6.07 Å². The number of nitrogens with zero attached hydrogens (tertiary/aromatic N) is 2. The predicted molar refractivity (Wildman–Crippen MR) is 206 cm³/mol. The van der Waals surface area contributed by atoms with Crippen molar-refractivity contribution in [1.82, 2.24) is 10.2 Å². The highest BCUT2D eigenvalue weighted by Gasteiger charge is 2.36. The van der Waals surface area contributed by atoms with E-state index in [0.29, 0.717) is 5.75 Å². The van der Waals surface area contributed by atoms with Crippen LogP contribution in [0.4, 0.5) is 5.69 Å². The Morgan fingerprint density at radius 1 is 0.827 bits per heavy atom. The molecule has 0 spiro atoms. The Morgan fingerprint density at radius 2 is 1.48 bits per heavy atom. The third kappa shape index (κ3) is 9.58. The molecule has 0 aliphatic heterocycles. The van der Waals surface area contributed by atoms with Gasteiger partial charge in [0.15, 0.2) is 11.5 Å². The number of methoxy groups -OCH3 is 3. The summed E-state index contributed by atoms with van der Waals surface area (Å²) >= 11 is 9.91. The summed E-state index contributed by atoms with van der Waals surface area (Å²) in [6.45, 7) is -0.634. The maximum absolute atomic E-state index is 14.9. The zero-order chi connectivity index (χ0) is 37.3. The molecule has 0 unspecified atom stereocenters. The van der Waals surface area contributed by atoms with Crippen molar-refractivity contribution in [2.45, 2.75) is 62.0 Å². The van der Waals surface area contributed by atoms with Gasteiger partial charge in [-0.05, 0) is 66.4 Å². The van der Waals surface area contributed by atoms with Gasteiger partial charge < -0.3 is 24.4 Å². The predicted octanol–water partition coefficient (Wildman–Crippen LogP) is 7.41. The van der Waals surface area contributed by atoms with Crippen LogP contribution in [0.2, 0.25) is 5.02 Å². The van der Waals surface area contributed by atoms with Crippen molar-refractivity contribution in [2.24, 2.45) is 0 Å². The monoisotopic (exact) mass is 811 g/mol. The average molecular weight is 813 g/mol. The molecular formula is C39H43BrClN3O7S. The van der Waals surface area contributed by atoms with Crippen molar-refractivity contribution in [3.8, 4) is 17.2 Å². The van der Waals surface area contributed by atoms with Crippen LogP contribution in [0.25, 0.3) is 0 Å². The largest absolute Gasteiger partial charge is 0.495 e. The first kappa shape index (κ1) is 39.0. The molecule has 4 aromatic rings. The van der Waals surface area contributed by atoms with Gasteiger partial charge in [0, 0.05) is 34.6 Å². The molecule has 1 atom stereocenters. The average Bonchev–Trinajstić information content (AvgIpc) is 3.16. The van der Waals surface area contributed by atoms with E-state index in [2.05, 4.69) is 21.2 Å². The van der Waals surface area contributed by atoms with Crippen LogP contribution in [-0.4, -0.2) is 65.1 Å². The maximum atomic E-state index is 14.9. The second-order valence-corrected chi connectivity index (χ2v) is 15.8. The van der Waals surface area contributed by atoms with Crippen molar-refractivity contribution in [3.63, 3.8) is 0 Å². The number of carbonyl (C=O) groups is 2. The third-order valence-electron chi connectivity index (χ3n) is 9.12. The van der Waals surface area contributed by atoms with E-state index in [0.717, 1.165) is 52.0 Å². The minimum absolute atomic E-state index is 0.0122. The van der Waals surface area contributed by atoms with Gasteiger partial charge in [0.1, 0.15) is 18.3 Å². The van der Waals surface area contributed by atoms with Crippen LogP contribution in [0.3, 0.4) is 0 Å². The van der Waals surface area contributed by atoms with Gasteiger partial charge in [-0.2, -0.15) is 0 Å². The minimum atomic E-state index is -4.49. The Bertz CT molecular complexity index is 1940. The highest BCUT2D eigenvalue weighted by Crippen LogP contribution is 2.37. The number of nitrogens with one attached hydrogen (secondary N) is 1. The fourth-order valence-electron chi connectivity index (χ4n) is 6.36. The van der Waals surface area contributed by atoms with E-state index in [4.69, 9.17) is 25.8 Å². The van der Waals surface area contributed by atoms with Crippen molar-refractivity contribution >= 4 is 55.1 Å². The first-order valence-electron chi connectivity index (χ1n) is 17.0. The molecule has 4 aromatic carbocycles. The molecule has 1 N–H and O–H groups in total. The first-order chi connectivity index (χ1) is 25.0. The van der Waals surface area contributed by atoms with E-state index in [1.807, 2.05) is 54.6 Å².